The summed E-state index contributed by atoms with van der Waals surface area (Å²) in [6.07, 6.45) is 0. The van der Waals surface area contributed by atoms with E-state index in [2.05, 4.69) is 5.10 Å². The summed E-state index contributed by atoms with van der Waals surface area (Å²) in [5.74, 6) is 0.409. The lowest BCUT2D eigenvalue weighted by Crippen LogP contribution is -2.06. The molecule has 0 bridgehead atoms. The van der Waals surface area contributed by atoms with Crippen molar-refractivity contribution < 1.29 is 13.0 Å². The third-order valence-corrected chi connectivity index (χ3v) is 3.30. The molecule has 0 aliphatic heterocycles. The average molecular weight is 268 g/mol. The Hall–Kier alpha value is -2.06. The van der Waals surface area contributed by atoms with E-state index in [9.17, 15) is 8.42 Å². The van der Waals surface area contributed by atoms with Crippen molar-refractivity contribution in [3.05, 3.63) is 30.0 Å². The molecule has 0 amide bonds. The molecule has 0 atom stereocenters. The van der Waals surface area contributed by atoms with Gasteiger partial charge in [0.15, 0.2) is 0 Å². The van der Waals surface area contributed by atoms with Gasteiger partial charge in [-0.2, -0.15) is 13.5 Å². The van der Waals surface area contributed by atoms with E-state index in [1.54, 1.807) is 13.0 Å². The molecular formula is C10H12N4O3S. The van der Waals surface area contributed by atoms with Crippen molar-refractivity contribution in [1.82, 2.24) is 9.78 Å². The van der Waals surface area contributed by atoms with Crippen LogP contribution in [0, 0.1) is 6.92 Å². The van der Waals surface area contributed by atoms with Gasteiger partial charge in [-0.3, -0.25) is 4.55 Å². The molecule has 96 valence electrons. The maximum Gasteiger partial charge on any atom is 0.296 e. The molecule has 0 radical (unpaired) electrons. The second kappa shape index (κ2) is 4.00. The molecule has 0 unspecified atom stereocenters. The zero-order valence-electron chi connectivity index (χ0n) is 9.53. The van der Waals surface area contributed by atoms with Crippen LogP contribution >= 0.6 is 0 Å². The lowest BCUT2D eigenvalue weighted by molar-refractivity contribution is 0.483. The molecule has 1 aromatic carbocycles. The van der Waals surface area contributed by atoms with Crippen molar-refractivity contribution in [2.45, 2.75) is 11.8 Å². The normalized spacial score (nSPS) is 11.7. The van der Waals surface area contributed by atoms with Crippen molar-refractivity contribution in [2.75, 3.05) is 11.5 Å². The van der Waals surface area contributed by atoms with E-state index in [-0.39, 0.29) is 10.6 Å². The first-order valence-electron chi connectivity index (χ1n) is 4.98. The van der Waals surface area contributed by atoms with Crippen LogP contribution in [0.5, 0.6) is 0 Å². The summed E-state index contributed by atoms with van der Waals surface area (Å²) in [4.78, 5) is -0.339. The third-order valence-electron chi connectivity index (χ3n) is 2.37. The van der Waals surface area contributed by atoms with Gasteiger partial charge in [0.25, 0.3) is 10.1 Å². The quantitative estimate of drug-likeness (QED) is 0.541. The van der Waals surface area contributed by atoms with Crippen LogP contribution in [0.4, 0.5) is 11.5 Å². The Balaban J connectivity index is 2.57. The van der Waals surface area contributed by atoms with Crippen LogP contribution in [0.2, 0.25) is 0 Å². The van der Waals surface area contributed by atoms with Gasteiger partial charge >= 0.3 is 0 Å². The SMILES string of the molecule is Cc1cc(N)n(-c2ccc(S(=O)(=O)O)c(N)c2)n1. The predicted octanol–water partition coefficient (Wildman–Crippen LogP) is 0.592. The van der Waals surface area contributed by atoms with Crippen LogP contribution in [0.15, 0.2) is 29.2 Å². The fourth-order valence-corrected chi connectivity index (χ4v) is 2.23. The molecule has 2 aromatic rings. The first-order chi connectivity index (χ1) is 8.29. The van der Waals surface area contributed by atoms with Gasteiger partial charge in [-0.05, 0) is 25.1 Å². The van der Waals surface area contributed by atoms with Crippen LogP contribution < -0.4 is 11.5 Å². The molecule has 0 spiro atoms. The van der Waals surface area contributed by atoms with Crippen LogP contribution in [0.3, 0.4) is 0 Å². The van der Waals surface area contributed by atoms with Gasteiger partial charge < -0.3 is 11.5 Å². The molecule has 7 nitrogen and oxygen atoms in total. The molecule has 8 heteroatoms. The fourth-order valence-electron chi connectivity index (χ4n) is 1.63. The highest BCUT2D eigenvalue weighted by molar-refractivity contribution is 7.86. The maximum atomic E-state index is 11.0. The second-order valence-corrected chi connectivity index (χ2v) is 5.21. The number of aromatic nitrogens is 2. The van der Waals surface area contributed by atoms with E-state index in [1.807, 2.05) is 0 Å². The molecule has 0 aliphatic rings. The minimum Gasteiger partial charge on any atom is -0.398 e. The Labute approximate surface area is 104 Å². The summed E-state index contributed by atoms with van der Waals surface area (Å²) < 4.78 is 32.4. The molecule has 18 heavy (non-hydrogen) atoms. The van der Waals surface area contributed by atoms with Gasteiger partial charge in [-0.1, -0.05) is 0 Å². The second-order valence-electron chi connectivity index (χ2n) is 3.82. The van der Waals surface area contributed by atoms with Gasteiger partial charge in [-0.25, -0.2) is 4.68 Å². The third kappa shape index (κ3) is 2.15. The van der Waals surface area contributed by atoms with Gasteiger partial charge in [0, 0.05) is 6.07 Å². The molecule has 5 N–H and O–H groups in total. The van der Waals surface area contributed by atoms with Gasteiger partial charge in [0.05, 0.1) is 17.1 Å². The van der Waals surface area contributed by atoms with Crippen LogP contribution in [-0.2, 0) is 10.1 Å². The molecule has 0 aliphatic carbocycles. The monoisotopic (exact) mass is 268 g/mol. The van der Waals surface area contributed by atoms with Crippen molar-refractivity contribution >= 4 is 21.6 Å². The molecule has 0 fully saturated rings. The summed E-state index contributed by atoms with van der Waals surface area (Å²) >= 11 is 0. The van der Waals surface area contributed by atoms with Crippen LogP contribution in [-0.4, -0.2) is 22.8 Å². The summed E-state index contributed by atoms with van der Waals surface area (Å²) in [5, 5.41) is 4.14. The zero-order chi connectivity index (χ0) is 13.5. The number of benzene rings is 1. The van der Waals surface area contributed by atoms with Crippen LogP contribution in [0.1, 0.15) is 5.69 Å². The first-order valence-corrected chi connectivity index (χ1v) is 6.42. The summed E-state index contributed by atoms with van der Waals surface area (Å²) in [7, 11) is -4.32. The van der Waals surface area contributed by atoms with E-state index in [4.69, 9.17) is 16.0 Å². The lowest BCUT2D eigenvalue weighted by atomic mass is 10.3. The van der Waals surface area contributed by atoms with Gasteiger partial charge in [0.2, 0.25) is 0 Å². The largest absolute Gasteiger partial charge is 0.398 e. The first kappa shape index (κ1) is 12.4. The fraction of sp³-hybridized carbons (Fsp3) is 0.100. The highest BCUT2D eigenvalue weighted by atomic mass is 32.2. The maximum absolute atomic E-state index is 11.0. The molecular weight excluding hydrogens is 256 g/mol. The van der Waals surface area contributed by atoms with E-state index in [0.717, 1.165) is 5.69 Å². The Bertz CT molecular complexity index is 706. The van der Waals surface area contributed by atoms with Crippen molar-refractivity contribution in [1.29, 1.82) is 0 Å². The molecule has 2 rings (SSSR count). The number of rotatable bonds is 2. The predicted molar refractivity (Wildman–Crippen MR) is 66.9 cm³/mol. The summed E-state index contributed by atoms with van der Waals surface area (Å²) in [6, 6.07) is 5.72. The Kier molecular flexibility index (Phi) is 2.76. The Morgan fingerprint density at radius 2 is 1.94 bits per heavy atom. The zero-order valence-corrected chi connectivity index (χ0v) is 10.3. The summed E-state index contributed by atoms with van der Waals surface area (Å²) in [5.41, 5.74) is 12.5. The van der Waals surface area contributed by atoms with Crippen molar-refractivity contribution in [3.8, 4) is 5.69 Å². The number of nitrogen functional groups attached to an aromatic ring is 2. The minimum atomic E-state index is -4.32. The lowest BCUT2D eigenvalue weighted by Gasteiger charge is -2.07. The Morgan fingerprint density at radius 3 is 2.39 bits per heavy atom. The highest BCUT2D eigenvalue weighted by Crippen LogP contribution is 2.23. The standard InChI is InChI=1S/C10H12N4O3S/c1-6-4-10(12)14(13-6)7-2-3-9(8(11)5-7)18(15,16)17/h2-5H,11-12H2,1H3,(H,15,16,17). The number of nitrogens with two attached hydrogens (primary N) is 2. The number of nitrogens with zero attached hydrogens (tertiary/aromatic N) is 2. The highest BCUT2D eigenvalue weighted by Gasteiger charge is 2.15. The number of aryl methyl sites for hydroxylation is 1. The van der Waals surface area contributed by atoms with Crippen LogP contribution in [0.25, 0.3) is 5.69 Å². The van der Waals surface area contributed by atoms with Crippen molar-refractivity contribution in [2.24, 2.45) is 0 Å². The van der Waals surface area contributed by atoms with E-state index in [0.29, 0.717) is 11.5 Å². The number of anilines is 2. The molecule has 1 heterocycles. The van der Waals surface area contributed by atoms with E-state index in [1.165, 1.54) is 22.9 Å². The molecule has 1 aromatic heterocycles. The van der Waals surface area contributed by atoms with Gasteiger partial charge in [-0.15, -0.1) is 0 Å². The van der Waals surface area contributed by atoms with Crippen molar-refractivity contribution in [3.63, 3.8) is 0 Å². The molecule has 0 saturated heterocycles. The van der Waals surface area contributed by atoms with E-state index >= 15 is 0 Å². The Morgan fingerprint density at radius 1 is 1.28 bits per heavy atom. The van der Waals surface area contributed by atoms with Gasteiger partial charge in [0.1, 0.15) is 10.7 Å². The smallest absolute Gasteiger partial charge is 0.296 e. The summed E-state index contributed by atoms with van der Waals surface area (Å²) in [6.45, 7) is 1.78. The topological polar surface area (TPSA) is 124 Å². The minimum absolute atomic E-state index is 0.0671. The molecule has 0 saturated carbocycles. The number of hydrogen-bond acceptors (Lipinski definition) is 5. The van der Waals surface area contributed by atoms with E-state index < -0.39 is 10.1 Å². The number of hydrogen-bond donors (Lipinski definition) is 3. The average Bonchev–Trinajstić information content (AvgIpc) is 2.55.